The van der Waals surface area contributed by atoms with Crippen molar-refractivity contribution in [1.82, 2.24) is 9.97 Å². The number of rotatable bonds is 7. The minimum Gasteiger partial charge on any atom is -0.370 e. The van der Waals surface area contributed by atoms with Gasteiger partial charge in [-0.25, -0.2) is 9.97 Å². The summed E-state index contributed by atoms with van der Waals surface area (Å²) in [5.41, 5.74) is 3.57. The van der Waals surface area contributed by atoms with Gasteiger partial charge in [0.25, 0.3) is 0 Å². The van der Waals surface area contributed by atoms with Gasteiger partial charge < -0.3 is 5.32 Å². The van der Waals surface area contributed by atoms with Crippen LogP contribution in [0, 0.1) is 0 Å². The second-order valence-electron chi connectivity index (χ2n) is 5.29. The zero-order valence-corrected chi connectivity index (χ0v) is 13.3. The van der Waals surface area contributed by atoms with Gasteiger partial charge in [-0.1, -0.05) is 38.5 Å². The van der Waals surface area contributed by atoms with E-state index in [4.69, 9.17) is 4.98 Å². The summed E-state index contributed by atoms with van der Waals surface area (Å²) in [6.45, 7) is 7.33. The van der Waals surface area contributed by atoms with E-state index in [1.807, 2.05) is 6.07 Å². The van der Waals surface area contributed by atoms with Gasteiger partial charge in [0, 0.05) is 24.6 Å². The Morgan fingerprint density at radius 2 is 1.76 bits per heavy atom. The topological polar surface area (TPSA) is 37.8 Å². The summed E-state index contributed by atoms with van der Waals surface area (Å²) in [5.74, 6) is 1.85. The highest BCUT2D eigenvalue weighted by Crippen LogP contribution is 2.22. The van der Waals surface area contributed by atoms with E-state index in [0.29, 0.717) is 0 Å². The van der Waals surface area contributed by atoms with Gasteiger partial charge in [0.15, 0.2) is 0 Å². The normalized spacial score (nSPS) is 10.6. The summed E-state index contributed by atoms with van der Waals surface area (Å²) in [6, 6.07) is 10.7. The van der Waals surface area contributed by atoms with Crippen molar-refractivity contribution in [1.29, 1.82) is 0 Å². The van der Waals surface area contributed by atoms with E-state index in [9.17, 15) is 0 Å². The molecule has 2 rings (SSSR count). The van der Waals surface area contributed by atoms with Gasteiger partial charge in [-0.05, 0) is 31.4 Å². The minimum atomic E-state index is 0.873. The van der Waals surface area contributed by atoms with Crippen molar-refractivity contribution in [2.24, 2.45) is 0 Å². The third-order valence-electron chi connectivity index (χ3n) is 3.37. The van der Waals surface area contributed by atoms with E-state index < -0.39 is 0 Å². The monoisotopic (exact) mass is 283 g/mol. The summed E-state index contributed by atoms with van der Waals surface area (Å²) in [5, 5.41) is 3.31. The van der Waals surface area contributed by atoms with Gasteiger partial charge in [-0.2, -0.15) is 0 Å². The zero-order valence-electron chi connectivity index (χ0n) is 13.3. The van der Waals surface area contributed by atoms with Crippen LogP contribution in [-0.4, -0.2) is 16.5 Å². The molecule has 0 aliphatic heterocycles. The summed E-state index contributed by atoms with van der Waals surface area (Å²) in [7, 11) is 0. The van der Waals surface area contributed by atoms with Crippen molar-refractivity contribution < 1.29 is 0 Å². The molecular formula is C18H25N3. The van der Waals surface area contributed by atoms with Crippen LogP contribution in [0.4, 0.5) is 5.82 Å². The first kappa shape index (κ1) is 15.5. The molecule has 1 N–H and O–H groups in total. The summed E-state index contributed by atoms with van der Waals surface area (Å²) < 4.78 is 0. The van der Waals surface area contributed by atoms with E-state index >= 15 is 0 Å². The third-order valence-corrected chi connectivity index (χ3v) is 3.37. The molecule has 0 saturated carbocycles. The lowest BCUT2D eigenvalue weighted by Gasteiger charge is -2.10. The molecule has 0 aliphatic rings. The Morgan fingerprint density at radius 3 is 2.48 bits per heavy atom. The Kier molecular flexibility index (Phi) is 5.73. The third kappa shape index (κ3) is 4.28. The van der Waals surface area contributed by atoms with Gasteiger partial charge in [0.05, 0.1) is 5.69 Å². The maximum absolute atomic E-state index is 4.73. The molecule has 112 valence electrons. The maximum Gasteiger partial charge on any atom is 0.131 e. The van der Waals surface area contributed by atoms with Gasteiger partial charge >= 0.3 is 0 Å². The van der Waals surface area contributed by atoms with Crippen LogP contribution in [0.5, 0.6) is 0 Å². The molecule has 0 atom stereocenters. The number of hydrogen-bond acceptors (Lipinski definition) is 3. The molecule has 0 bridgehead atoms. The summed E-state index contributed by atoms with van der Waals surface area (Å²) in [6.07, 6.45) is 4.25. The molecule has 3 heteroatoms. The van der Waals surface area contributed by atoms with Crippen LogP contribution in [0.25, 0.3) is 11.3 Å². The number of aryl methyl sites for hydroxylation is 2. The van der Waals surface area contributed by atoms with Crippen LogP contribution >= 0.6 is 0 Å². The van der Waals surface area contributed by atoms with Gasteiger partial charge in [0.2, 0.25) is 0 Å². The molecule has 0 spiro atoms. The first-order valence-corrected chi connectivity index (χ1v) is 7.98. The van der Waals surface area contributed by atoms with Crippen molar-refractivity contribution in [3.8, 4) is 11.3 Å². The van der Waals surface area contributed by atoms with Crippen LogP contribution in [0.15, 0.2) is 30.3 Å². The van der Waals surface area contributed by atoms with Gasteiger partial charge in [-0.15, -0.1) is 0 Å². The molecule has 0 radical (unpaired) electrons. The molecule has 1 aromatic heterocycles. The molecule has 21 heavy (non-hydrogen) atoms. The van der Waals surface area contributed by atoms with Crippen LogP contribution in [0.1, 0.15) is 45.0 Å². The second-order valence-corrected chi connectivity index (χ2v) is 5.29. The minimum absolute atomic E-state index is 0.873. The first-order valence-electron chi connectivity index (χ1n) is 7.98. The lowest BCUT2D eigenvalue weighted by molar-refractivity contribution is 0.836. The maximum atomic E-state index is 4.73. The highest BCUT2D eigenvalue weighted by molar-refractivity contribution is 5.63. The smallest absolute Gasteiger partial charge is 0.131 e. The van der Waals surface area contributed by atoms with Crippen LogP contribution < -0.4 is 5.32 Å². The molecule has 1 aromatic carbocycles. The number of hydrogen-bond donors (Lipinski definition) is 1. The van der Waals surface area contributed by atoms with Crippen molar-refractivity contribution in [3.63, 3.8) is 0 Å². The fraction of sp³-hybridized carbons (Fsp3) is 0.444. The molecule has 0 amide bonds. The standard InChI is InChI=1S/C18H25N3/c1-4-8-14-10-7-11-15(12-14)16-13-18(19-6-3)21-17(20-16)9-5-2/h7,10-13H,4-6,8-9H2,1-3H3,(H,19,20,21). The zero-order chi connectivity index (χ0) is 15.1. The van der Waals surface area contributed by atoms with Crippen LogP contribution in [0.3, 0.4) is 0 Å². The van der Waals surface area contributed by atoms with E-state index in [0.717, 1.165) is 49.6 Å². The average Bonchev–Trinajstić information content (AvgIpc) is 2.48. The number of benzene rings is 1. The fourth-order valence-corrected chi connectivity index (χ4v) is 2.43. The lowest BCUT2D eigenvalue weighted by Crippen LogP contribution is -2.04. The molecule has 1 heterocycles. The van der Waals surface area contributed by atoms with E-state index in [-0.39, 0.29) is 0 Å². The second kappa shape index (κ2) is 7.77. The van der Waals surface area contributed by atoms with E-state index in [1.54, 1.807) is 0 Å². The van der Waals surface area contributed by atoms with E-state index in [1.165, 1.54) is 11.1 Å². The summed E-state index contributed by atoms with van der Waals surface area (Å²) in [4.78, 5) is 9.30. The molecular weight excluding hydrogens is 258 g/mol. The van der Waals surface area contributed by atoms with Crippen molar-refractivity contribution in [2.45, 2.75) is 46.5 Å². The summed E-state index contributed by atoms with van der Waals surface area (Å²) >= 11 is 0. The Morgan fingerprint density at radius 1 is 0.952 bits per heavy atom. The molecule has 0 saturated heterocycles. The Hall–Kier alpha value is -1.90. The highest BCUT2D eigenvalue weighted by Gasteiger charge is 2.07. The van der Waals surface area contributed by atoms with Crippen molar-refractivity contribution in [2.75, 3.05) is 11.9 Å². The van der Waals surface area contributed by atoms with Gasteiger partial charge in [0.1, 0.15) is 11.6 Å². The quantitative estimate of drug-likeness (QED) is 0.814. The number of nitrogens with zero attached hydrogens (tertiary/aromatic N) is 2. The number of nitrogens with one attached hydrogen (secondary N) is 1. The van der Waals surface area contributed by atoms with Crippen molar-refractivity contribution in [3.05, 3.63) is 41.7 Å². The molecule has 0 unspecified atom stereocenters. The Labute approximate surface area is 127 Å². The Bertz CT molecular complexity index is 554. The lowest BCUT2D eigenvalue weighted by atomic mass is 10.0. The van der Waals surface area contributed by atoms with Crippen LogP contribution in [0.2, 0.25) is 0 Å². The number of aromatic nitrogens is 2. The largest absolute Gasteiger partial charge is 0.370 e. The first-order chi connectivity index (χ1) is 10.3. The molecule has 0 aliphatic carbocycles. The molecule has 0 fully saturated rings. The predicted molar refractivity (Wildman–Crippen MR) is 89.6 cm³/mol. The highest BCUT2D eigenvalue weighted by atomic mass is 15.0. The van der Waals surface area contributed by atoms with Crippen molar-refractivity contribution >= 4 is 5.82 Å². The Balaban J connectivity index is 2.38. The average molecular weight is 283 g/mol. The predicted octanol–water partition coefficient (Wildman–Crippen LogP) is 4.48. The number of anilines is 1. The molecule has 3 nitrogen and oxygen atoms in total. The van der Waals surface area contributed by atoms with Crippen LogP contribution in [-0.2, 0) is 12.8 Å². The SMILES string of the molecule is CCCc1cccc(-c2cc(NCC)nc(CCC)n2)c1. The van der Waals surface area contributed by atoms with E-state index in [2.05, 4.69) is 55.3 Å². The fourth-order valence-electron chi connectivity index (χ4n) is 2.43. The van der Waals surface area contributed by atoms with Gasteiger partial charge in [-0.3, -0.25) is 0 Å². The molecule has 2 aromatic rings.